The summed E-state index contributed by atoms with van der Waals surface area (Å²) in [5.74, 6) is 0.869. The Morgan fingerprint density at radius 2 is 1.41 bits per heavy atom. The quantitative estimate of drug-likeness (QED) is 0.817. The third-order valence-corrected chi connectivity index (χ3v) is 3.21. The smallest absolute Gasteiger partial charge is 0.119 e. The summed E-state index contributed by atoms with van der Waals surface area (Å²) < 4.78 is 5.12. The lowest BCUT2D eigenvalue weighted by Crippen LogP contribution is -1.90. The Morgan fingerprint density at radius 1 is 0.882 bits per heavy atom. The highest BCUT2D eigenvalue weighted by molar-refractivity contribution is 7.98. The molecule has 0 bridgehead atoms. The van der Waals surface area contributed by atoms with Gasteiger partial charge in [0.25, 0.3) is 0 Å². The van der Waals surface area contributed by atoms with Gasteiger partial charge in [-0.15, -0.1) is 11.8 Å². The largest absolute Gasteiger partial charge is 0.497 e. The lowest BCUT2D eigenvalue weighted by atomic mass is 10.2. The van der Waals surface area contributed by atoms with Crippen LogP contribution >= 0.6 is 11.8 Å². The minimum atomic E-state index is 0.869. The molecule has 0 atom stereocenters. The Bertz CT molecular complexity index is 419. The van der Waals surface area contributed by atoms with E-state index in [9.17, 15) is 0 Å². The molecular formula is C14H15NOS. The number of hydrogen-bond acceptors (Lipinski definition) is 3. The van der Waals surface area contributed by atoms with E-state index in [0.29, 0.717) is 0 Å². The van der Waals surface area contributed by atoms with Gasteiger partial charge in [0.2, 0.25) is 0 Å². The Labute approximate surface area is 106 Å². The fourth-order valence-electron chi connectivity index (χ4n) is 1.52. The minimum absolute atomic E-state index is 0.869. The Balaban J connectivity index is 2.08. The molecule has 2 aromatic carbocycles. The number of anilines is 2. The number of ether oxygens (including phenoxy) is 1. The first-order chi connectivity index (χ1) is 8.31. The highest BCUT2D eigenvalue weighted by Crippen LogP contribution is 2.22. The third-order valence-electron chi connectivity index (χ3n) is 2.47. The van der Waals surface area contributed by atoms with Gasteiger partial charge in [0, 0.05) is 16.3 Å². The first kappa shape index (κ1) is 11.9. The molecule has 0 aromatic heterocycles. The fourth-order valence-corrected chi connectivity index (χ4v) is 1.92. The minimum Gasteiger partial charge on any atom is -0.497 e. The molecule has 3 heteroatoms. The van der Waals surface area contributed by atoms with Crippen LogP contribution in [0.2, 0.25) is 0 Å². The molecule has 88 valence electrons. The topological polar surface area (TPSA) is 21.3 Å². The second-order valence-electron chi connectivity index (χ2n) is 3.58. The van der Waals surface area contributed by atoms with Gasteiger partial charge < -0.3 is 10.1 Å². The van der Waals surface area contributed by atoms with E-state index in [4.69, 9.17) is 4.74 Å². The van der Waals surface area contributed by atoms with Gasteiger partial charge in [-0.1, -0.05) is 0 Å². The normalized spacial score (nSPS) is 10.0. The van der Waals surface area contributed by atoms with E-state index >= 15 is 0 Å². The van der Waals surface area contributed by atoms with Gasteiger partial charge in [0.1, 0.15) is 5.75 Å². The van der Waals surface area contributed by atoms with Crippen LogP contribution in [-0.2, 0) is 0 Å². The van der Waals surface area contributed by atoms with Crippen LogP contribution in [0, 0.1) is 0 Å². The third kappa shape index (κ3) is 3.17. The zero-order valence-electron chi connectivity index (χ0n) is 9.94. The van der Waals surface area contributed by atoms with Crippen molar-refractivity contribution in [3.8, 4) is 5.75 Å². The monoisotopic (exact) mass is 245 g/mol. The second kappa shape index (κ2) is 5.64. The number of rotatable bonds is 4. The van der Waals surface area contributed by atoms with Gasteiger partial charge in [-0.05, 0) is 54.8 Å². The maximum absolute atomic E-state index is 5.12. The summed E-state index contributed by atoms with van der Waals surface area (Å²) in [7, 11) is 1.67. The Kier molecular flexibility index (Phi) is 3.94. The molecule has 0 aliphatic rings. The van der Waals surface area contributed by atoms with Crippen molar-refractivity contribution in [2.24, 2.45) is 0 Å². The molecule has 0 saturated carbocycles. The van der Waals surface area contributed by atoms with Crippen LogP contribution in [0.3, 0.4) is 0 Å². The second-order valence-corrected chi connectivity index (χ2v) is 4.46. The molecule has 2 aromatic rings. The van der Waals surface area contributed by atoms with Gasteiger partial charge in [0.05, 0.1) is 7.11 Å². The maximum Gasteiger partial charge on any atom is 0.119 e. The predicted octanol–water partition coefficient (Wildman–Crippen LogP) is 4.16. The molecule has 0 fully saturated rings. The summed E-state index contributed by atoms with van der Waals surface area (Å²) in [5, 5.41) is 3.34. The maximum atomic E-state index is 5.12. The molecule has 0 spiro atoms. The number of hydrogen-bond donors (Lipinski definition) is 1. The van der Waals surface area contributed by atoms with E-state index in [-0.39, 0.29) is 0 Å². The highest BCUT2D eigenvalue weighted by Gasteiger charge is 1.96. The van der Waals surface area contributed by atoms with Crippen molar-refractivity contribution in [2.75, 3.05) is 18.7 Å². The van der Waals surface area contributed by atoms with Gasteiger partial charge >= 0.3 is 0 Å². The lowest BCUT2D eigenvalue weighted by molar-refractivity contribution is 0.415. The highest BCUT2D eigenvalue weighted by atomic mass is 32.2. The van der Waals surface area contributed by atoms with Crippen molar-refractivity contribution in [3.05, 3.63) is 48.5 Å². The van der Waals surface area contributed by atoms with E-state index in [0.717, 1.165) is 17.1 Å². The summed E-state index contributed by atoms with van der Waals surface area (Å²) in [6.07, 6.45) is 2.08. The zero-order valence-corrected chi connectivity index (χ0v) is 10.8. The van der Waals surface area contributed by atoms with Crippen LogP contribution in [0.25, 0.3) is 0 Å². The summed E-state index contributed by atoms with van der Waals surface area (Å²) >= 11 is 1.74. The fraction of sp³-hybridized carbons (Fsp3) is 0.143. The average molecular weight is 245 g/mol. The molecule has 0 radical (unpaired) electrons. The van der Waals surface area contributed by atoms with Crippen molar-refractivity contribution in [2.45, 2.75) is 4.90 Å². The van der Waals surface area contributed by atoms with Crippen molar-refractivity contribution >= 4 is 23.1 Å². The average Bonchev–Trinajstić information content (AvgIpc) is 2.40. The van der Waals surface area contributed by atoms with Crippen molar-refractivity contribution < 1.29 is 4.74 Å². The van der Waals surface area contributed by atoms with E-state index in [1.807, 2.05) is 24.3 Å². The van der Waals surface area contributed by atoms with Crippen molar-refractivity contribution in [3.63, 3.8) is 0 Å². The molecule has 0 aliphatic carbocycles. The van der Waals surface area contributed by atoms with Crippen LogP contribution in [-0.4, -0.2) is 13.4 Å². The molecule has 2 nitrogen and oxygen atoms in total. The van der Waals surface area contributed by atoms with E-state index in [1.165, 1.54) is 4.90 Å². The van der Waals surface area contributed by atoms with E-state index < -0.39 is 0 Å². The molecule has 0 saturated heterocycles. The first-order valence-corrected chi connectivity index (χ1v) is 6.59. The lowest BCUT2D eigenvalue weighted by Gasteiger charge is -2.07. The first-order valence-electron chi connectivity index (χ1n) is 5.37. The molecule has 0 unspecified atom stereocenters. The summed E-state index contributed by atoms with van der Waals surface area (Å²) in [6.45, 7) is 0. The number of methoxy groups -OCH3 is 1. The number of benzene rings is 2. The SMILES string of the molecule is COc1ccc(Nc2ccc(SC)cc2)cc1. The Morgan fingerprint density at radius 3 is 1.88 bits per heavy atom. The van der Waals surface area contributed by atoms with Crippen LogP contribution in [0.4, 0.5) is 11.4 Å². The van der Waals surface area contributed by atoms with Gasteiger partial charge in [-0.3, -0.25) is 0 Å². The van der Waals surface area contributed by atoms with E-state index in [1.54, 1.807) is 18.9 Å². The molecule has 0 amide bonds. The van der Waals surface area contributed by atoms with Crippen LogP contribution in [0.1, 0.15) is 0 Å². The Hall–Kier alpha value is -1.61. The van der Waals surface area contributed by atoms with Crippen molar-refractivity contribution in [1.29, 1.82) is 0 Å². The van der Waals surface area contributed by atoms with Crippen molar-refractivity contribution in [1.82, 2.24) is 0 Å². The molecule has 1 N–H and O–H groups in total. The predicted molar refractivity (Wildman–Crippen MR) is 74.5 cm³/mol. The van der Waals surface area contributed by atoms with Crippen LogP contribution in [0.15, 0.2) is 53.4 Å². The van der Waals surface area contributed by atoms with Crippen LogP contribution in [0.5, 0.6) is 5.75 Å². The molecule has 17 heavy (non-hydrogen) atoms. The summed E-state index contributed by atoms with van der Waals surface area (Å²) in [4.78, 5) is 1.27. The van der Waals surface area contributed by atoms with E-state index in [2.05, 4.69) is 35.8 Å². The number of thioether (sulfide) groups is 1. The zero-order chi connectivity index (χ0) is 12.1. The molecule has 0 heterocycles. The van der Waals surface area contributed by atoms with Gasteiger partial charge in [0.15, 0.2) is 0 Å². The number of nitrogens with one attached hydrogen (secondary N) is 1. The summed E-state index contributed by atoms with van der Waals surface area (Å²) in [6, 6.07) is 16.3. The molecule has 0 aliphatic heterocycles. The van der Waals surface area contributed by atoms with Gasteiger partial charge in [-0.25, -0.2) is 0 Å². The molecular weight excluding hydrogens is 230 g/mol. The van der Waals surface area contributed by atoms with Crippen LogP contribution < -0.4 is 10.1 Å². The molecule has 2 rings (SSSR count). The van der Waals surface area contributed by atoms with Gasteiger partial charge in [-0.2, -0.15) is 0 Å². The summed E-state index contributed by atoms with van der Waals surface area (Å²) in [5.41, 5.74) is 2.15. The standard InChI is InChI=1S/C14H15NOS/c1-16-13-7-3-11(4-8-13)15-12-5-9-14(17-2)10-6-12/h3-10,15H,1-2H3.